The maximum atomic E-state index is 13.2. The van der Waals surface area contributed by atoms with Crippen LogP contribution in [0, 0.1) is 17.0 Å². The van der Waals surface area contributed by atoms with Crippen LogP contribution in [-0.4, -0.2) is 19.1 Å². The molecule has 0 atom stereocenters. The van der Waals surface area contributed by atoms with Gasteiger partial charge in [0.25, 0.3) is 15.7 Å². The second-order valence-electron chi connectivity index (χ2n) is 7.65. The molecule has 8 heteroatoms. The summed E-state index contributed by atoms with van der Waals surface area (Å²) in [5.74, 6) is -0.282. The van der Waals surface area contributed by atoms with E-state index in [0.717, 1.165) is 5.56 Å². The van der Waals surface area contributed by atoms with E-state index in [-0.39, 0.29) is 27.6 Å². The fourth-order valence-corrected chi connectivity index (χ4v) is 4.62. The minimum Gasteiger partial charge on any atom is -0.289 e. The summed E-state index contributed by atoms with van der Waals surface area (Å²) in [5, 5.41) is 11.5. The molecule has 0 bridgehead atoms. The van der Waals surface area contributed by atoms with Gasteiger partial charge in [-0.1, -0.05) is 72.3 Å². The Morgan fingerprint density at radius 2 is 1.47 bits per heavy atom. The van der Waals surface area contributed by atoms with E-state index >= 15 is 0 Å². The number of nitro groups is 1. The van der Waals surface area contributed by atoms with Crippen LogP contribution in [-0.2, 0) is 10.0 Å². The molecule has 1 N–H and O–H groups in total. The summed E-state index contributed by atoms with van der Waals surface area (Å²) < 4.78 is 28.6. The number of ketones is 1. The van der Waals surface area contributed by atoms with Gasteiger partial charge in [0.05, 0.1) is 15.5 Å². The summed E-state index contributed by atoms with van der Waals surface area (Å²) in [6.45, 7) is 1.85. The molecular weight excluding hydrogens is 452 g/mol. The van der Waals surface area contributed by atoms with Crippen molar-refractivity contribution in [3.05, 3.63) is 124 Å². The van der Waals surface area contributed by atoms with Gasteiger partial charge >= 0.3 is 0 Å². The van der Waals surface area contributed by atoms with Crippen molar-refractivity contribution in [2.75, 3.05) is 4.72 Å². The first-order valence-corrected chi connectivity index (χ1v) is 11.8. The molecule has 0 saturated carbocycles. The number of nitrogens with zero attached hydrogens (tertiary/aromatic N) is 1. The van der Waals surface area contributed by atoms with Crippen molar-refractivity contribution in [2.45, 2.75) is 11.8 Å². The van der Waals surface area contributed by atoms with E-state index in [4.69, 9.17) is 0 Å². The lowest BCUT2D eigenvalue weighted by atomic mass is 9.93. The molecule has 0 aliphatic rings. The van der Waals surface area contributed by atoms with Crippen molar-refractivity contribution < 1.29 is 18.1 Å². The van der Waals surface area contributed by atoms with E-state index in [1.807, 2.05) is 6.92 Å². The van der Waals surface area contributed by atoms with Crippen molar-refractivity contribution in [3.63, 3.8) is 0 Å². The second kappa shape index (κ2) is 9.29. The molecule has 34 heavy (non-hydrogen) atoms. The Bertz CT molecular complexity index is 1480. The summed E-state index contributed by atoms with van der Waals surface area (Å²) in [4.78, 5) is 24.2. The first kappa shape index (κ1) is 22.9. The number of hydrogen-bond acceptors (Lipinski definition) is 5. The molecule has 170 valence electrons. The molecule has 0 unspecified atom stereocenters. The molecule has 0 heterocycles. The molecule has 0 spiro atoms. The number of hydrogen-bond donors (Lipinski definition) is 1. The third-order valence-corrected chi connectivity index (χ3v) is 6.67. The van der Waals surface area contributed by atoms with Gasteiger partial charge in [-0.3, -0.25) is 19.6 Å². The first-order chi connectivity index (χ1) is 16.3. The number of nitrogens with one attached hydrogen (secondary N) is 1. The molecule has 0 fully saturated rings. The van der Waals surface area contributed by atoms with Gasteiger partial charge in [-0.15, -0.1) is 0 Å². The number of rotatable bonds is 7. The summed E-state index contributed by atoms with van der Waals surface area (Å²) in [5.41, 5.74) is 2.15. The average molecular weight is 473 g/mol. The molecule has 4 aromatic carbocycles. The van der Waals surface area contributed by atoms with Crippen LogP contribution in [0.2, 0.25) is 0 Å². The number of sulfonamides is 1. The summed E-state index contributed by atoms with van der Waals surface area (Å²) in [6.07, 6.45) is 0. The molecule has 4 aromatic rings. The number of benzene rings is 4. The van der Waals surface area contributed by atoms with Gasteiger partial charge in [-0.05, 0) is 30.7 Å². The molecular formula is C26H20N2O5S. The fourth-order valence-electron chi connectivity index (χ4n) is 3.54. The molecule has 0 amide bonds. The highest BCUT2D eigenvalue weighted by Crippen LogP contribution is 2.36. The number of carbonyl (C=O) groups excluding carboxylic acids is 1. The monoisotopic (exact) mass is 472 g/mol. The van der Waals surface area contributed by atoms with Crippen LogP contribution in [0.4, 0.5) is 11.4 Å². The zero-order valence-corrected chi connectivity index (χ0v) is 19.0. The average Bonchev–Trinajstić information content (AvgIpc) is 2.84. The number of non-ortho nitro benzene ring substituents is 1. The van der Waals surface area contributed by atoms with Gasteiger partial charge in [0.2, 0.25) is 0 Å². The second-order valence-corrected chi connectivity index (χ2v) is 9.33. The maximum Gasteiger partial charge on any atom is 0.270 e. The van der Waals surface area contributed by atoms with Gasteiger partial charge in [-0.2, -0.15) is 0 Å². The van der Waals surface area contributed by atoms with Crippen LogP contribution in [0.25, 0.3) is 11.1 Å². The van der Waals surface area contributed by atoms with Gasteiger partial charge in [0.1, 0.15) is 0 Å². The number of nitro benzene ring substituents is 1. The Morgan fingerprint density at radius 1 is 0.824 bits per heavy atom. The maximum absolute atomic E-state index is 13.2. The van der Waals surface area contributed by atoms with Crippen LogP contribution in [0.5, 0.6) is 0 Å². The third-order valence-electron chi connectivity index (χ3n) is 5.29. The van der Waals surface area contributed by atoms with Gasteiger partial charge < -0.3 is 0 Å². The van der Waals surface area contributed by atoms with Gasteiger partial charge in [0.15, 0.2) is 5.78 Å². The Morgan fingerprint density at radius 3 is 2.15 bits per heavy atom. The highest BCUT2D eigenvalue weighted by Gasteiger charge is 2.22. The predicted octanol–water partition coefficient (Wildman–Crippen LogP) is 5.60. The third kappa shape index (κ3) is 4.72. The molecule has 0 radical (unpaired) electrons. The van der Waals surface area contributed by atoms with E-state index < -0.39 is 14.9 Å². The lowest BCUT2D eigenvalue weighted by Crippen LogP contribution is -2.14. The van der Waals surface area contributed by atoms with Crippen molar-refractivity contribution in [1.82, 2.24) is 0 Å². The van der Waals surface area contributed by atoms with Crippen LogP contribution in [0.3, 0.4) is 0 Å². The van der Waals surface area contributed by atoms with Crippen molar-refractivity contribution in [1.29, 1.82) is 0 Å². The van der Waals surface area contributed by atoms with Crippen molar-refractivity contribution >= 4 is 27.2 Å². The molecule has 0 aromatic heterocycles. The van der Waals surface area contributed by atoms with E-state index in [2.05, 4.69) is 4.72 Å². The molecule has 0 saturated heterocycles. The van der Waals surface area contributed by atoms with E-state index in [0.29, 0.717) is 16.7 Å². The zero-order chi connectivity index (χ0) is 24.3. The Balaban J connectivity index is 1.86. The van der Waals surface area contributed by atoms with Crippen LogP contribution in [0.1, 0.15) is 21.5 Å². The van der Waals surface area contributed by atoms with Gasteiger partial charge in [-0.25, -0.2) is 8.42 Å². The summed E-state index contributed by atoms with van der Waals surface area (Å²) in [7, 11) is -3.98. The normalized spacial score (nSPS) is 11.1. The Hall–Kier alpha value is -4.30. The molecule has 4 rings (SSSR count). The first-order valence-electron chi connectivity index (χ1n) is 10.3. The lowest BCUT2D eigenvalue weighted by molar-refractivity contribution is -0.384. The molecule has 0 aliphatic heterocycles. The topological polar surface area (TPSA) is 106 Å². The number of anilines is 1. The number of carbonyl (C=O) groups is 1. The molecule has 7 nitrogen and oxygen atoms in total. The SMILES string of the molecule is Cc1ccc(S(=O)(=O)Nc2ccc([N+](=O)[O-])cc2-c2ccccc2C(=O)c2ccccc2)cc1. The minimum absolute atomic E-state index is 0.0519. The highest BCUT2D eigenvalue weighted by molar-refractivity contribution is 7.92. The summed E-state index contributed by atoms with van der Waals surface area (Å²) >= 11 is 0. The van der Waals surface area contributed by atoms with Crippen LogP contribution < -0.4 is 4.72 Å². The van der Waals surface area contributed by atoms with Crippen molar-refractivity contribution in [2.24, 2.45) is 0 Å². The minimum atomic E-state index is -3.98. The largest absolute Gasteiger partial charge is 0.289 e. The van der Waals surface area contributed by atoms with E-state index in [1.54, 1.807) is 66.7 Å². The van der Waals surface area contributed by atoms with E-state index in [1.165, 1.54) is 30.3 Å². The van der Waals surface area contributed by atoms with Crippen LogP contribution in [0.15, 0.2) is 102 Å². The Kier molecular flexibility index (Phi) is 6.25. The quantitative estimate of drug-likeness (QED) is 0.214. The van der Waals surface area contributed by atoms with E-state index in [9.17, 15) is 23.3 Å². The number of aryl methyl sites for hydroxylation is 1. The van der Waals surface area contributed by atoms with Crippen LogP contribution >= 0.6 is 0 Å². The van der Waals surface area contributed by atoms with Crippen molar-refractivity contribution in [3.8, 4) is 11.1 Å². The zero-order valence-electron chi connectivity index (χ0n) is 18.1. The summed E-state index contributed by atoms with van der Waals surface area (Å²) in [6, 6.07) is 25.4. The Labute approximate surface area is 196 Å². The standard InChI is InChI=1S/C26H20N2O5S/c1-18-11-14-21(15-12-18)34(32,33)27-25-16-13-20(28(30)31)17-24(25)22-9-5-6-10-23(22)26(29)19-7-3-2-4-8-19/h2-17,27H,1H3. The fraction of sp³-hybridized carbons (Fsp3) is 0.0385. The molecule has 0 aliphatic carbocycles. The lowest BCUT2D eigenvalue weighted by Gasteiger charge is -2.15. The smallest absolute Gasteiger partial charge is 0.270 e. The van der Waals surface area contributed by atoms with Gasteiger partial charge in [0, 0.05) is 28.8 Å². The highest BCUT2D eigenvalue weighted by atomic mass is 32.2. The predicted molar refractivity (Wildman–Crippen MR) is 130 cm³/mol.